The molecule has 2 bridgehead atoms. The van der Waals surface area contributed by atoms with E-state index in [-0.39, 0.29) is 5.91 Å². The van der Waals surface area contributed by atoms with Crippen LogP contribution in [0.3, 0.4) is 0 Å². The van der Waals surface area contributed by atoms with Crippen LogP contribution in [0.1, 0.15) is 21.8 Å². The maximum absolute atomic E-state index is 12.2. The van der Waals surface area contributed by atoms with Gasteiger partial charge in [-0.05, 0) is 11.6 Å². The van der Waals surface area contributed by atoms with Crippen molar-refractivity contribution >= 4 is 5.91 Å². The highest BCUT2D eigenvalue weighted by atomic mass is 16.2. The molecule has 3 aliphatic rings. The minimum Gasteiger partial charge on any atom is -0.331 e. The SMILES string of the molecule is O=C1c2ccccc2[C@H]2CN1[C@@H]1C=C[C@H]21. The fraction of sp³-hybridized carbons (Fsp3) is 0.308. The fourth-order valence-corrected chi connectivity index (χ4v) is 3.17. The van der Waals surface area contributed by atoms with E-state index in [1.165, 1.54) is 5.56 Å². The Bertz CT molecular complexity index is 491. The van der Waals surface area contributed by atoms with Gasteiger partial charge in [0.05, 0.1) is 6.04 Å². The number of hydrogen-bond acceptors (Lipinski definition) is 1. The molecule has 4 rings (SSSR count). The summed E-state index contributed by atoms with van der Waals surface area (Å²) < 4.78 is 0. The molecule has 3 atom stereocenters. The zero-order valence-corrected chi connectivity index (χ0v) is 8.26. The molecule has 1 fully saturated rings. The van der Waals surface area contributed by atoms with Gasteiger partial charge >= 0.3 is 0 Å². The van der Waals surface area contributed by atoms with E-state index in [1.54, 1.807) is 0 Å². The lowest BCUT2D eigenvalue weighted by Gasteiger charge is -2.28. The van der Waals surface area contributed by atoms with Crippen molar-refractivity contribution in [2.75, 3.05) is 6.54 Å². The zero-order valence-electron chi connectivity index (χ0n) is 8.26. The van der Waals surface area contributed by atoms with Gasteiger partial charge in [-0.2, -0.15) is 0 Å². The number of amides is 1. The number of fused-ring (bicyclic) bond motifs is 7. The first kappa shape index (κ1) is 7.69. The molecule has 0 saturated carbocycles. The van der Waals surface area contributed by atoms with Gasteiger partial charge in [0.1, 0.15) is 0 Å². The Kier molecular flexibility index (Phi) is 1.19. The summed E-state index contributed by atoms with van der Waals surface area (Å²) in [7, 11) is 0. The second-order valence-corrected chi connectivity index (χ2v) is 4.60. The molecule has 15 heavy (non-hydrogen) atoms. The van der Waals surface area contributed by atoms with Crippen LogP contribution in [0.15, 0.2) is 36.4 Å². The van der Waals surface area contributed by atoms with E-state index >= 15 is 0 Å². The van der Waals surface area contributed by atoms with Gasteiger partial charge < -0.3 is 4.90 Å². The third-order valence-corrected chi connectivity index (χ3v) is 3.99. The number of hydrogen-bond donors (Lipinski definition) is 0. The monoisotopic (exact) mass is 197 g/mol. The Morgan fingerprint density at radius 1 is 1.20 bits per heavy atom. The third kappa shape index (κ3) is 0.751. The molecule has 74 valence electrons. The first-order valence-corrected chi connectivity index (χ1v) is 5.44. The second-order valence-electron chi connectivity index (χ2n) is 4.60. The predicted octanol–water partition coefficient (Wildman–Crippen LogP) is 1.79. The molecule has 0 N–H and O–H groups in total. The van der Waals surface area contributed by atoms with Crippen molar-refractivity contribution in [2.24, 2.45) is 5.92 Å². The van der Waals surface area contributed by atoms with Gasteiger partial charge in [-0.3, -0.25) is 4.79 Å². The van der Waals surface area contributed by atoms with E-state index < -0.39 is 0 Å². The first-order valence-electron chi connectivity index (χ1n) is 5.44. The predicted molar refractivity (Wildman–Crippen MR) is 56.6 cm³/mol. The van der Waals surface area contributed by atoms with E-state index in [2.05, 4.69) is 18.2 Å². The summed E-state index contributed by atoms with van der Waals surface area (Å²) in [5.41, 5.74) is 2.18. The lowest BCUT2D eigenvalue weighted by molar-refractivity contribution is 0.0739. The van der Waals surface area contributed by atoms with Crippen LogP contribution >= 0.6 is 0 Å². The second kappa shape index (κ2) is 2.32. The van der Waals surface area contributed by atoms with Gasteiger partial charge in [0.2, 0.25) is 0 Å². The van der Waals surface area contributed by atoms with E-state index in [0.29, 0.717) is 17.9 Å². The van der Waals surface area contributed by atoms with E-state index in [9.17, 15) is 4.79 Å². The van der Waals surface area contributed by atoms with Crippen LogP contribution in [0, 0.1) is 5.92 Å². The largest absolute Gasteiger partial charge is 0.331 e. The van der Waals surface area contributed by atoms with Gasteiger partial charge in [-0.15, -0.1) is 0 Å². The molecular formula is C13H11NO. The van der Waals surface area contributed by atoms with Gasteiger partial charge in [0.15, 0.2) is 0 Å². The molecule has 1 amide bonds. The minimum absolute atomic E-state index is 0.221. The van der Waals surface area contributed by atoms with Crippen molar-refractivity contribution in [1.82, 2.24) is 4.90 Å². The van der Waals surface area contributed by atoms with Crippen molar-refractivity contribution in [3.8, 4) is 0 Å². The van der Waals surface area contributed by atoms with E-state index in [4.69, 9.17) is 0 Å². The van der Waals surface area contributed by atoms with Crippen LogP contribution in [-0.4, -0.2) is 23.4 Å². The van der Waals surface area contributed by atoms with Crippen molar-refractivity contribution in [2.45, 2.75) is 12.0 Å². The molecule has 0 spiro atoms. The summed E-state index contributed by atoms with van der Waals surface area (Å²) in [6.07, 6.45) is 4.42. The quantitative estimate of drug-likeness (QED) is 0.581. The van der Waals surface area contributed by atoms with Crippen LogP contribution in [0.5, 0.6) is 0 Å². The van der Waals surface area contributed by atoms with Crippen LogP contribution in [0.2, 0.25) is 0 Å². The Labute approximate surface area is 88.2 Å². The highest BCUT2D eigenvalue weighted by Crippen LogP contribution is 2.48. The highest BCUT2D eigenvalue weighted by Gasteiger charge is 2.50. The molecule has 1 aromatic rings. The molecule has 1 aromatic carbocycles. The smallest absolute Gasteiger partial charge is 0.254 e. The zero-order chi connectivity index (χ0) is 9.99. The Hall–Kier alpha value is -1.57. The molecule has 2 aliphatic heterocycles. The summed E-state index contributed by atoms with van der Waals surface area (Å²) >= 11 is 0. The average Bonchev–Trinajstić information content (AvgIpc) is 2.45. The van der Waals surface area contributed by atoms with Gasteiger partial charge in [-0.1, -0.05) is 30.4 Å². The van der Waals surface area contributed by atoms with Gasteiger partial charge in [0, 0.05) is 23.9 Å². The van der Waals surface area contributed by atoms with Crippen molar-refractivity contribution in [3.63, 3.8) is 0 Å². The third-order valence-electron chi connectivity index (χ3n) is 3.99. The summed E-state index contributed by atoms with van der Waals surface area (Å²) in [5, 5.41) is 0. The number of benzene rings is 1. The number of carbonyl (C=O) groups is 1. The van der Waals surface area contributed by atoms with Crippen LogP contribution in [0.4, 0.5) is 0 Å². The molecule has 0 unspecified atom stereocenters. The molecule has 1 aliphatic carbocycles. The standard InChI is InChI=1S/C13H11NO/c15-13-10-4-2-1-3-8(10)11-7-14(13)12-6-5-9(11)12/h1-6,9,11-12H,7H2/t9-,11-,12-/m1/s1. The van der Waals surface area contributed by atoms with E-state index in [1.807, 2.05) is 23.1 Å². The van der Waals surface area contributed by atoms with Crippen LogP contribution in [-0.2, 0) is 0 Å². The van der Waals surface area contributed by atoms with Gasteiger partial charge in [0.25, 0.3) is 5.91 Å². The van der Waals surface area contributed by atoms with Crippen molar-refractivity contribution in [3.05, 3.63) is 47.5 Å². The van der Waals surface area contributed by atoms with Crippen LogP contribution < -0.4 is 0 Å². The normalized spacial score (nSPS) is 34.8. The van der Waals surface area contributed by atoms with Gasteiger partial charge in [-0.25, -0.2) is 0 Å². The molecule has 0 radical (unpaired) electrons. The molecule has 0 aromatic heterocycles. The summed E-state index contributed by atoms with van der Waals surface area (Å²) in [6, 6.07) is 8.45. The molecule has 2 heteroatoms. The topological polar surface area (TPSA) is 20.3 Å². The summed E-state index contributed by atoms with van der Waals surface area (Å²) in [6.45, 7) is 0.915. The van der Waals surface area contributed by atoms with Crippen LogP contribution in [0.25, 0.3) is 0 Å². The minimum atomic E-state index is 0.221. The van der Waals surface area contributed by atoms with Crippen molar-refractivity contribution in [1.29, 1.82) is 0 Å². The number of carbonyl (C=O) groups excluding carboxylic acids is 1. The van der Waals surface area contributed by atoms with Crippen molar-refractivity contribution < 1.29 is 4.79 Å². The first-order chi connectivity index (χ1) is 7.36. The Morgan fingerprint density at radius 3 is 2.87 bits per heavy atom. The maximum Gasteiger partial charge on any atom is 0.254 e. The molecular weight excluding hydrogens is 186 g/mol. The highest BCUT2D eigenvalue weighted by molar-refractivity contribution is 5.98. The lowest BCUT2D eigenvalue weighted by Crippen LogP contribution is -2.39. The summed E-state index contributed by atoms with van der Waals surface area (Å²) in [5.74, 6) is 1.35. The Balaban J connectivity index is 1.97. The molecule has 1 saturated heterocycles. The molecule has 2 heterocycles. The molecule has 2 nitrogen and oxygen atoms in total. The number of nitrogens with zero attached hydrogens (tertiary/aromatic N) is 1. The lowest BCUT2D eigenvalue weighted by atomic mass is 9.78. The van der Waals surface area contributed by atoms with E-state index in [0.717, 1.165) is 12.1 Å². The summed E-state index contributed by atoms with van der Waals surface area (Å²) in [4.78, 5) is 14.2. The fourth-order valence-electron chi connectivity index (χ4n) is 3.17. The Morgan fingerprint density at radius 2 is 2.07 bits per heavy atom. The average molecular weight is 197 g/mol. The maximum atomic E-state index is 12.2. The number of rotatable bonds is 0.